The minimum Gasteiger partial charge on any atom is -0.369 e. The third-order valence-corrected chi connectivity index (χ3v) is 3.64. The fraction of sp³-hybridized carbons (Fsp3) is 0.143. The summed E-state index contributed by atoms with van der Waals surface area (Å²) in [6, 6.07) is 8.11. The molecule has 4 nitrogen and oxygen atoms in total. The standard InChI is InChI=1S/C14H13BrN4/c1-2-9-7-10(15)3-4-12(9)19-13-5-6-17-8-11(13)18-14(19)16/h3-8H,2H2,1H3,(H2,16,18). The minimum atomic E-state index is 0.486. The molecule has 3 aromatic rings. The number of nitrogen functional groups attached to an aromatic ring is 1. The van der Waals surface area contributed by atoms with Crippen LogP contribution in [0.25, 0.3) is 16.7 Å². The molecule has 1 aromatic carbocycles. The molecule has 2 heterocycles. The van der Waals surface area contributed by atoms with Crippen LogP contribution in [0.15, 0.2) is 41.1 Å². The number of imidazole rings is 1. The lowest BCUT2D eigenvalue weighted by Gasteiger charge is -2.12. The van der Waals surface area contributed by atoms with Gasteiger partial charge < -0.3 is 5.73 Å². The van der Waals surface area contributed by atoms with Gasteiger partial charge in [-0.05, 0) is 36.2 Å². The van der Waals surface area contributed by atoms with E-state index in [1.165, 1.54) is 5.56 Å². The SMILES string of the molecule is CCc1cc(Br)ccc1-n1c(N)nc2cnccc21. The molecule has 96 valence electrons. The summed E-state index contributed by atoms with van der Waals surface area (Å²) in [7, 11) is 0. The normalized spacial score (nSPS) is 11.1. The molecule has 0 radical (unpaired) electrons. The monoisotopic (exact) mass is 316 g/mol. The average molecular weight is 317 g/mol. The number of nitrogens with zero attached hydrogens (tertiary/aromatic N) is 3. The van der Waals surface area contributed by atoms with Crippen molar-refractivity contribution in [3.63, 3.8) is 0 Å². The number of aryl methyl sites for hydroxylation is 1. The fourth-order valence-electron chi connectivity index (χ4n) is 2.26. The number of nitrogens with two attached hydrogens (primary N) is 1. The van der Waals surface area contributed by atoms with Gasteiger partial charge >= 0.3 is 0 Å². The van der Waals surface area contributed by atoms with Crippen LogP contribution in [0.4, 0.5) is 5.95 Å². The van der Waals surface area contributed by atoms with Crippen molar-refractivity contribution in [2.24, 2.45) is 0 Å². The molecule has 5 heteroatoms. The summed E-state index contributed by atoms with van der Waals surface area (Å²) in [4.78, 5) is 8.43. The van der Waals surface area contributed by atoms with Gasteiger partial charge in [0.2, 0.25) is 5.95 Å². The summed E-state index contributed by atoms with van der Waals surface area (Å²) in [5.41, 5.74) is 10.1. The number of hydrogen-bond acceptors (Lipinski definition) is 3. The van der Waals surface area contributed by atoms with Crippen LogP contribution in [0.1, 0.15) is 12.5 Å². The van der Waals surface area contributed by atoms with E-state index in [4.69, 9.17) is 5.73 Å². The van der Waals surface area contributed by atoms with Crippen molar-refractivity contribution in [3.05, 3.63) is 46.7 Å². The van der Waals surface area contributed by atoms with E-state index in [0.717, 1.165) is 27.6 Å². The van der Waals surface area contributed by atoms with Crippen LogP contribution >= 0.6 is 15.9 Å². The first-order valence-electron chi connectivity index (χ1n) is 6.07. The van der Waals surface area contributed by atoms with Crippen LogP contribution in [0.5, 0.6) is 0 Å². The third-order valence-electron chi connectivity index (χ3n) is 3.15. The highest BCUT2D eigenvalue weighted by Crippen LogP contribution is 2.27. The molecule has 0 aliphatic heterocycles. The van der Waals surface area contributed by atoms with E-state index in [9.17, 15) is 0 Å². The Morgan fingerprint density at radius 1 is 1.32 bits per heavy atom. The van der Waals surface area contributed by atoms with E-state index in [2.05, 4.69) is 45.0 Å². The molecular weight excluding hydrogens is 304 g/mol. The van der Waals surface area contributed by atoms with Gasteiger partial charge in [-0.25, -0.2) is 4.98 Å². The van der Waals surface area contributed by atoms with Crippen LogP contribution in [0.3, 0.4) is 0 Å². The van der Waals surface area contributed by atoms with Gasteiger partial charge in [0, 0.05) is 10.7 Å². The summed E-state index contributed by atoms with van der Waals surface area (Å²) >= 11 is 3.50. The Labute approximate surface area is 119 Å². The van der Waals surface area contributed by atoms with Crippen molar-refractivity contribution in [1.29, 1.82) is 0 Å². The summed E-state index contributed by atoms with van der Waals surface area (Å²) < 4.78 is 3.04. The number of halogens is 1. The maximum absolute atomic E-state index is 6.06. The lowest BCUT2D eigenvalue weighted by atomic mass is 10.1. The van der Waals surface area contributed by atoms with Gasteiger partial charge in [-0.1, -0.05) is 22.9 Å². The molecule has 0 atom stereocenters. The number of benzene rings is 1. The Morgan fingerprint density at radius 3 is 2.95 bits per heavy atom. The first-order chi connectivity index (χ1) is 9.20. The summed E-state index contributed by atoms with van der Waals surface area (Å²) in [6.45, 7) is 2.13. The van der Waals surface area contributed by atoms with Crippen LogP contribution in [-0.2, 0) is 6.42 Å². The highest BCUT2D eigenvalue weighted by molar-refractivity contribution is 9.10. The quantitative estimate of drug-likeness (QED) is 0.789. The first kappa shape index (κ1) is 12.2. The highest BCUT2D eigenvalue weighted by atomic mass is 79.9. The molecule has 0 unspecified atom stereocenters. The van der Waals surface area contributed by atoms with E-state index >= 15 is 0 Å². The predicted octanol–water partition coefficient (Wildman–Crippen LogP) is 3.33. The van der Waals surface area contributed by atoms with E-state index in [-0.39, 0.29) is 0 Å². The smallest absolute Gasteiger partial charge is 0.205 e. The molecule has 2 aromatic heterocycles. The number of rotatable bonds is 2. The fourth-order valence-corrected chi connectivity index (χ4v) is 2.67. The molecule has 0 fully saturated rings. The molecule has 0 saturated heterocycles. The lowest BCUT2D eigenvalue weighted by Crippen LogP contribution is -2.03. The molecule has 19 heavy (non-hydrogen) atoms. The number of aromatic nitrogens is 3. The van der Waals surface area contributed by atoms with Crippen molar-refractivity contribution in [1.82, 2.24) is 14.5 Å². The Morgan fingerprint density at radius 2 is 2.16 bits per heavy atom. The number of anilines is 1. The number of pyridine rings is 1. The van der Waals surface area contributed by atoms with Gasteiger partial charge in [-0.3, -0.25) is 9.55 Å². The molecule has 2 N–H and O–H groups in total. The molecule has 0 aliphatic rings. The Balaban J connectivity index is 2.33. The van der Waals surface area contributed by atoms with E-state index in [1.54, 1.807) is 12.4 Å². The van der Waals surface area contributed by atoms with Gasteiger partial charge in [0.15, 0.2) is 0 Å². The zero-order chi connectivity index (χ0) is 13.4. The van der Waals surface area contributed by atoms with Crippen molar-refractivity contribution >= 4 is 32.9 Å². The number of hydrogen-bond donors (Lipinski definition) is 1. The van der Waals surface area contributed by atoms with Crippen molar-refractivity contribution in [2.75, 3.05) is 5.73 Å². The largest absolute Gasteiger partial charge is 0.369 e. The van der Waals surface area contributed by atoms with Crippen LogP contribution in [-0.4, -0.2) is 14.5 Å². The Hall–Kier alpha value is -1.88. The average Bonchev–Trinajstić information content (AvgIpc) is 2.74. The van der Waals surface area contributed by atoms with Crippen molar-refractivity contribution < 1.29 is 0 Å². The van der Waals surface area contributed by atoms with Gasteiger partial charge in [0.25, 0.3) is 0 Å². The van der Waals surface area contributed by atoms with E-state index in [1.807, 2.05) is 16.7 Å². The second kappa shape index (κ2) is 4.66. The van der Waals surface area contributed by atoms with Gasteiger partial charge in [0.05, 0.1) is 17.4 Å². The van der Waals surface area contributed by atoms with Crippen molar-refractivity contribution in [3.8, 4) is 5.69 Å². The second-order valence-corrected chi connectivity index (χ2v) is 5.21. The highest BCUT2D eigenvalue weighted by Gasteiger charge is 2.12. The van der Waals surface area contributed by atoms with Gasteiger partial charge in [0.1, 0.15) is 5.52 Å². The summed E-state index contributed by atoms with van der Waals surface area (Å²) in [6.07, 6.45) is 4.41. The van der Waals surface area contributed by atoms with Crippen LogP contribution < -0.4 is 5.73 Å². The van der Waals surface area contributed by atoms with Crippen molar-refractivity contribution in [2.45, 2.75) is 13.3 Å². The molecule has 0 amide bonds. The molecule has 0 saturated carbocycles. The molecule has 3 rings (SSSR count). The number of fused-ring (bicyclic) bond motifs is 1. The summed E-state index contributed by atoms with van der Waals surface area (Å²) in [5, 5.41) is 0. The van der Waals surface area contributed by atoms with Gasteiger partial charge in [-0.2, -0.15) is 0 Å². The van der Waals surface area contributed by atoms with Crippen LogP contribution in [0.2, 0.25) is 0 Å². The minimum absolute atomic E-state index is 0.486. The molecule has 0 spiro atoms. The van der Waals surface area contributed by atoms with E-state index in [0.29, 0.717) is 5.95 Å². The zero-order valence-corrected chi connectivity index (χ0v) is 12.1. The van der Waals surface area contributed by atoms with Crippen LogP contribution in [0, 0.1) is 0 Å². The zero-order valence-electron chi connectivity index (χ0n) is 10.5. The Bertz CT molecular complexity index is 748. The second-order valence-electron chi connectivity index (χ2n) is 4.30. The molecule has 0 aliphatic carbocycles. The predicted molar refractivity (Wildman–Crippen MR) is 80.4 cm³/mol. The molecular formula is C14H13BrN4. The Kier molecular flexibility index (Phi) is 2.98. The lowest BCUT2D eigenvalue weighted by molar-refractivity contribution is 1.04. The first-order valence-corrected chi connectivity index (χ1v) is 6.86. The van der Waals surface area contributed by atoms with Gasteiger partial charge in [-0.15, -0.1) is 0 Å². The third kappa shape index (κ3) is 2.00. The van der Waals surface area contributed by atoms with E-state index < -0.39 is 0 Å². The maximum Gasteiger partial charge on any atom is 0.205 e. The maximum atomic E-state index is 6.06. The topological polar surface area (TPSA) is 56.7 Å². The molecule has 0 bridgehead atoms. The summed E-state index contributed by atoms with van der Waals surface area (Å²) in [5.74, 6) is 0.486.